The smallest absolute Gasteiger partial charge is 0.159 e. The summed E-state index contributed by atoms with van der Waals surface area (Å²) in [6.07, 6.45) is 4.64. The number of pyridine rings is 1. The number of hydrogen-bond acceptors (Lipinski definition) is 2. The molecule has 0 saturated carbocycles. The second-order valence-electron chi connectivity index (χ2n) is 3.33. The Morgan fingerprint density at radius 3 is 2.69 bits per heavy atom. The van der Waals surface area contributed by atoms with Gasteiger partial charge in [-0.25, -0.2) is 4.85 Å². The Labute approximate surface area is 95.2 Å². The third-order valence-electron chi connectivity index (χ3n) is 2.16. The highest BCUT2D eigenvalue weighted by Crippen LogP contribution is 2.16. The van der Waals surface area contributed by atoms with E-state index in [9.17, 15) is 0 Å². The van der Waals surface area contributed by atoms with Crippen molar-refractivity contribution in [2.24, 2.45) is 0 Å². The molecule has 1 heterocycles. The molecule has 1 aromatic heterocycles. The third kappa shape index (κ3) is 2.80. The largest absolute Gasteiger partial charge is 0.257 e. The van der Waals surface area contributed by atoms with E-state index in [1.165, 1.54) is 12.3 Å². The number of aromatic nitrogens is 1. The molecule has 0 aliphatic rings. The molecule has 3 heteroatoms. The number of nitriles is 1. The monoisotopic (exact) mass is 209 g/mol. The van der Waals surface area contributed by atoms with Gasteiger partial charge in [-0.3, -0.25) is 4.98 Å². The van der Waals surface area contributed by atoms with Crippen LogP contribution in [0, 0.1) is 17.9 Å². The summed E-state index contributed by atoms with van der Waals surface area (Å²) in [6.45, 7) is 10.4. The first-order valence-electron chi connectivity index (χ1n) is 4.75. The van der Waals surface area contributed by atoms with Gasteiger partial charge in [-0.2, -0.15) is 5.26 Å². The summed E-state index contributed by atoms with van der Waals surface area (Å²) in [5.74, 6) is 0. The Morgan fingerprint density at radius 1 is 1.44 bits per heavy atom. The summed E-state index contributed by atoms with van der Waals surface area (Å²) < 4.78 is 0. The predicted molar refractivity (Wildman–Crippen MR) is 63.8 cm³/mol. The van der Waals surface area contributed by atoms with Crippen molar-refractivity contribution < 1.29 is 0 Å². The standard InChI is InChI=1S/C13H11N3/c1-10(6-7-14)12-4-5-13(16-9-12)11(2)8-15-3/h4-6,8-9H,1-2H3/b10-6+,11-8+. The molecule has 0 fully saturated rings. The van der Waals surface area contributed by atoms with Crippen LogP contribution >= 0.6 is 0 Å². The lowest BCUT2D eigenvalue weighted by Crippen LogP contribution is -1.88. The third-order valence-corrected chi connectivity index (χ3v) is 2.16. The SMILES string of the molecule is [C-]#[N+]/C=C(\C)c1ccc(/C(C)=C/C#N)cn1. The van der Waals surface area contributed by atoms with Crippen molar-refractivity contribution in [1.82, 2.24) is 4.98 Å². The van der Waals surface area contributed by atoms with E-state index in [2.05, 4.69) is 9.83 Å². The fraction of sp³-hybridized carbons (Fsp3) is 0.154. The normalized spacial score (nSPS) is 11.8. The van der Waals surface area contributed by atoms with Gasteiger partial charge in [0.05, 0.1) is 18.3 Å². The molecule has 1 rings (SSSR count). The van der Waals surface area contributed by atoms with E-state index in [0.717, 1.165) is 22.4 Å². The highest BCUT2D eigenvalue weighted by Gasteiger charge is 1.99. The van der Waals surface area contributed by atoms with Crippen molar-refractivity contribution >= 4 is 11.1 Å². The van der Waals surface area contributed by atoms with Gasteiger partial charge in [0.1, 0.15) is 0 Å². The lowest BCUT2D eigenvalue weighted by atomic mass is 10.1. The average Bonchev–Trinajstić information content (AvgIpc) is 2.30. The van der Waals surface area contributed by atoms with E-state index in [-0.39, 0.29) is 0 Å². The molecule has 0 saturated heterocycles. The number of hydrogen-bond donors (Lipinski definition) is 0. The Balaban J connectivity index is 3.02. The maximum Gasteiger partial charge on any atom is 0.159 e. The lowest BCUT2D eigenvalue weighted by molar-refractivity contribution is 1.25. The molecule has 0 aromatic carbocycles. The molecule has 0 amide bonds. The Bertz CT molecular complexity index is 459. The van der Waals surface area contributed by atoms with Crippen LogP contribution in [-0.4, -0.2) is 4.98 Å². The Kier molecular flexibility index (Phi) is 4.00. The molecule has 0 bridgehead atoms. The Morgan fingerprint density at radius 2 is 2.19 bits per heavy atom. The highest BCUT2D eigenvalue weighted by atomic mass is 14.7. The number of allylic oxidation sites excluding steroid dienone is 3. The summed E-state index contributed by atoms with van der Waals surface area (Å²) in [6, 6.07) is 5.73. The van der Waals surface area contributed by atoms with Gasteiger partial charge in [-0.1, -0.05) is 6.07 Å². The van der Waals surface area contributed by atoms with E-state index in [0.29, 0.717) is 0 Å². The second kappa shape index (κ2) is 5.48. The Hall–Kier alpha value is -2.39. The summed E-state index contributed by atoms with van der Waals surface area (Å²) in [5, 5.41) is 8.52. The van der Waals surface area contributed by atoms with Crippen molar-refractivity contribution in [2.45, 2.75) is 13.8 Å². The summed E-state index contributed by atoms with van der Waals surface area (Å²) in [4.78, 5) is 7.43. The maximum absolute atomic E-state index is 8.52. The van der Waals surface area contributed by atoms with Crippen molar-refractivity contribution in [2.75, 3.05) is 0 Å². The minimum absolute atomic E-state index is 0.782. The van der Waals surface area contributed by atoms with Crippen LogP contribution in [0.5, 0.6) is 0 Å². The van der Waals surface area contributed by atoms with Crippen molar-refractivity contribution in [3.8, 4) is 6.07 Å². The van der Waals surface area contributed by atoms with E-state index >= 15 is 0 Å². The van der Waals surface area contributed by atoms with Crippen molar-refractivity contribution in [3.63, 3.8) is 0 Å². The van der Waals surface area contributed by atoms with Crippen LogP contribution in [0.3, 0.4) is 0 Å². The quantitative estimate of drug-likeness (QED) is 0.554. The van der Waals surface area contributed by atoms with E-state index < -0.39 is 0 Å². The van der Waals surface area contributed by atoms with Crippen LogP contribution in [-0.2, 0) is 0 Å². The average molecular weight is 209 g/mol. The fourth-order valence-corrected chi connectivity index (χ4v) is 1.20. The van der Waals surface area contributed by atoms with Gasteiger partial charge in [0.25, 0.3) is 0 Å². The van der Waals surface area contributed by atoms with E-state index in [1.807, 2.05) is 32.0 Å². The van der Waals surface area contributed by atoms with Crippen LogP contribution < -0.4 is 0 Å². The zero-order valence-electron chi connectivity index (χ0n) is 9.23. The van der Waals surface area contributed by atoms with Gasteiger partial charge in [0, 0.05) is 12.3 Å². The van der Waals surface area contributed by atoms with Crippen LogP contribution in [0.2, 0.25) is 0 Å². The van der Waals surface area contributed by atoms with Crippen molar-refractivity contribution in [3.05, 3.63) is 53.3 Å². The first kappa shape index (κ1) is 11.7. The van der Waals surface area contributed by atoms with Gasteiger partial charge < -0.3 is 0 Å². The molecule has 0 aliphatic carbocycles. The van der Waals surface area contributed by atoms with Crippen LogP contribution in [0.1, 0.15) is 25.1 Å². The van der Waals surface area contributed by atoms with Gasteiger partial charge in [0.15, 0.2) is 6.20 Å². The van der Waals surface area contributed by atoms with Gasteiger partial charge in [0.2, 0.25) is 0 Å². The zero-order chi connectivity index (χ0) is 12.0. The zero-order valence-corrected chi connectivity index (χ0v) is 9.23. The lowest BCUT2D eigenvalue weighted by Gasteiger charge is -2.02. The minimum Gasteiger partial charge on any atom is -0.257 e. The summed E-state index contributed by atoms with van der Waals surface area (Å²) in [7, 11) is 0. The van der Waals surface area contributed by atoms with Gasteiger partial charge in [-0.05, 0) is 36.6 Å². The number of nitrogens with zero attached hydrogens (tertiary/aromatic N) is 3. The van der Waals surface area contributed by atoms with Gasteiger partial charge >= 0.3 is 0 Å². The van der Waals surface area contributed by atoms with Crippen LogP contribution in [0.15, 0.2) is 30.6 Å². The molecule has 0 radical (unpaired) electrons. The highest BCUT2D eigenvalue weighted by molar-refractivity contribution is 5.67. The first-order valence-corrected chi connectivity index (χ1v) is 4.75. The molecule has 1 aromatic rings. The topological polar surface area (TPSA) is 41.0 Å². The van der Waals surface area contributed by atoms with Gasteiger partial charge in [-0.15, -0.1) is 0 Å². The molecule has 16 heavy (non-hydrogen) atoms. The summed E-state index contributed by atoms with van der Waals surface area (Å²) in [5.41, 5.74) is 3.42. The molecule has 0 N–H and O–H groups in total. The molecule has 0 unspecified atom stereocenters. The van der Waals surface area contributed by atoms with E-state index in [4.69, 9.17) is 11.8 Å². The summed E-state index contributed by atoms with van der Waals surface area (Å²) >= 11 is 0. The molecule has 78 valence electrons. The number of rotatable bonds is 2. The molecule has 0 spiro atoms. The fourth-order valence-electron chi connectivity index (χ4n) is 1.20. The predicted octanol–water partition coefficient (Wildman–Crippen LogP) is 3.29. The maximum atomic E-state index is 8.52. The molecular formula is C13H11N3. The van der Waals surface area contributed by atoms with Crippen LogP contribution in [0.4, 0.5) is 0 Å². The van der Waals surface area contributed by atoms with Crippen molar-refractivity contribution in [1.29, 1.82) is 5.26 Å². The molecule has 3 nitrogen and oxygen atoms in total. The first-order chi connectivity index (χ1) is 7.69. The van der Waals surface area contributed by atoms with E-state index in [1.54, 1.807) is 6.20 Å². The van der Waals surface area contributed by atoms with Crippen LogP contribution in [0.25, 0.3) is 16.0 Å². The molecule has 0 aliphatic heterocycles. The molecule has 0 atom stereocenters. The second-order valence-corrected chi connectivity index (χ2v) is 3.33. The minimum atomic E-state index is 0.782. The molecular weight excluding hydrogens is 198 g/mol.